The molecule has 0 fully saturated rings. The van der Waals surface area contributed by atoms with E-state index in [9.17, 15) is 14.4 Å². The van der Waals surface area contributed by atoms with Crippen molar-refractivity contribution in [2.75, 3.05) is 11.9 Å². The standard InChI is InChI=1S/C22H22BrN3O4/c1-2-3-12-30-22(29)15-4-7-17(8-5-15)25-20(27)10-11-26-14-24-19-9-6-16(23)13-18(19)21(26)28/h4-9,13-14H,2-3,10-12H2,1H3,(H,25,27). The summed E-state index contributed by atoms with van der Waals surface area (Å²) < 4.78 is 7.37. The van der Waals surface area contributed by atoms with Crippen molar-refractivity contribution in [3.63, 3.8) is 0 Å². The fourth-order valence-corrected chi connectivity index (χ4v) is 3.18. The Balaban J connectivity index is 1.57. The van der Waals surface area contributed by atoms with Gasteiger partial charge in [-0.1, -0.05) is 29.3 Å². The summed E-state index contributed by atoms with van der Waals surface area (Å²) in [5.74, 6) is -0.620. The van der Waals surface area contributed by atoms with Gasteiger partial charge in [0.05, 0.1) is 29.4 Å². The monoisotopic (exact) mass is 471 g/mol. The number of unbranched alkanes of at least 4 members (excludes halogenated alkanes) is 1. The fraction of sp³-hybridized carbons (Fsp3) is 0.273. The number of carbonyl (C=O) groups excluding carboxylic acids is 2. The van der Waals surface area contributed by atoms with Crippen LogP contribution in [0.4, 0.5) is 5.69 Å². The maximum absolute atomic E-state index is 12.6. The molecule has 3 rings (SSSR count). The van der Waals surface area contributed by atoms with E-state index < -0.39 is 0 Å². The highest BCUT2D eigenvalue weighted by atomic mass is 79.9. The van der Waals surface area contributed by atoms with Crippen molar-refractivity contribution in [1.29, 1.82) is 0 Å². The van der Waals surface area contributed by atoms with Crippen LogP contribution < -0.4 is 10.9 Å². The minimum Gasteiger partial charge on any atom is -0.462 e. The van der Waals surface area contributed by atoms with Crippen LogP contribution in [0.2, 0.25) is 0 Å². The molecule has 3 aromatic rings. The first-order chi connectivity index (χ1) is 14.5. The first-order valence-electron chi connectivity index (χ1n) is 9.69. The number of fused-ring (bicyclic) bond motifs is 1. The van der Waals surface area contributed by atoms with Gasteiger partial charge in [0, 0.05) is 23.1 Å². The average molecular weight is 472 g/mol. The molecule has 0 saturated heterocycles. The number of ether oxygens (including phenoxy) is 1. The Morgan fingerprint density at radius 1 is 1.17 bits per heavy atom. The zero-order chi connectivity index (χ0) is 21.5. The number of hydrogen-bond donors (Lipinski definition) is 1. The highest BCUT2D eigenvalue weighted by molar-refractivity contribution is 9.10. The lowest BCUT2D eigenvalue weighted by Crippen LogP contribution is -2.23. The molecule has 1 N–H and O–H groups in total. The number of nitrogens with one attached hydrogen (secondary N) is 1. The molecule has 0 spiro atoms. The van der Waals surface area contributed by atoms with Gasteiger partial charge in [0.1, 0.15) is 0 Å². The summed E-state index contributed by atoms with van der Waals surface area (Å²) in [5.41, 5.74) is 1.42. The maximum atomic E-state index is 12.6. The molecule has 2 aromatic carbocycles. The van der Waals surface area contributed by atoms with Crippen LogP contribution >= 0.6 is 15.9 Å². The number of nitrogens with zero attached hydrogens (tertiary/aromatic N) is 2. The summed E-state index contributed by atoms with van der Waals surface area (Å²) in [7, 11) is 0. The number of anilines is 1. The second-order valence-corrected chi connectivity index (χ2v) is 7.69. The number of halogens is 1. The number of rotatable bonds is 8. The van der Waals surface area contributed by atoms with E-state index in [2.05, 4.69) is 26.2 Å². The van der Waals surface area contributed by atoms with Crippen LogP contribution in [0.3, 0.4) is 0 Å². The van der Waals surface area contributed by atoms with Gasteiger partial charge in [-0.05, 0) is 48.9 Å². The number of hydrogen-bond acceptors (Lipinski definition) is 5. The Morgan fingerprint density at radius 2 is 1.93 bits per heavy atom. The molecule has 8 heteroatoms. The van der Waals surface area contributed by atoms with E-state index >= 15 is 0 Å². The summed E-state index contributed by atoms with van der Waals surface area (Å²) >= 11 is 3.35. The summed E-state index contributed by atoms with van der Waals surface area (Å²) in [4.78, 5) is 41.0. The predicted molar refractivity (Wildman–Crippen MR) is 119 cm³/mol. The summed E-state index contributed by atoms with van der Waals surface area (Å²) in [6, 6.07) is 11.8. The van der Waals surface area contributed by atoms with Gasteiger partial charge < -0.3 is 10.1 Å². The van der Waals surface area contributed by atoms with Crippen LogP contribution in [0.25, 0.3) is 10.9 Å². The molecular formula is C22H22BrN3O4. The number of aryl methyl sites for hydroxylation is 1. The second kappa shape index (κ2) is 10.2. The van der Waals surface area contributed by atoms with E-state index in [0.29, 0.717) is 28.8 Å². The summed E-state index contributed by atoms with van der Waals surface area (Å²) in [6.07, 6.45) is 3.34. The molecule has 0 aliphatic rings. The molecule has 7 nitrogen and oxygen atoms in total. The third kappa shape index (κ3) is 5.54. The van der Waals surface area contributed by atoms with Gasteiger partial charge in [-0.15, -0.1) is 0 Å². The van der Waals surface area contributed by atoms with E-state index in [1.807, 2.05) is 13.0 Å². The molecule has 0 saturated carbocycles. The van der Waals surface area contributed by atoms with Crippen LogP contribution in [0, 0.1) is 0 Å². The van der Waals surface area contributed by atoms with Crippen LogP contribution in [-0.4, -0.2) is 28.0 Å². The van der Waals surface area contributed by atoms with E-state index in [0.717, 1.165) is 17.3 Å². The molecule has 1 heterocycles. The first kappa shape index (κ1) is 21.7. The van der Waals surface area contributed by atoms with Gasteiger partial charge in [-0.3, -0.25) is 14.2 Å². The smallest absolute Gasteiger partial charge is 0.338 e. The Kier molecular flexibility index (Phi) is 7.35. The van der Waals surface area contributed by atoms with Gasteiger partial charge in [0.15, 0.2) is 0 Å². The summed E-state index contributed by atoms with van der Waals surface area (Å²) in [6.45, 7) is 2.63. The minimum absolute atomic E-state index is 0.113. The first-order valence-corrected chi connectivity index (χ1v) is 10.5. The molecule has 1 aromatic heterocycles. The van der Waals surface area contributed by atoms with E-state index in [-0.39, 0.29) is 30.4 Å². The van der Waals surface area contributed by atoms with E-state index in [4.69, 9.17) is 4.74 Å². The number of benzene rings is 2. The highest BCUT2D eigenvalue weighted by Crippen LogP contribution is 2.15. The van der Waals surface area contributed by atoms with Crippen LogP contribution in [0.15, 0.2) is 58.1 Å². The van der Waals surface area contributed by atoms with Gasteiger partial charge in [-0.25, -0.2) is 9.78 Å². The van der Waals surface area contributed by atoms with E-state index in [1.165, 1.54) is 10.9 Å². The normalized spacial score (nSPS) is 10.7. The minimum atomic E-state index is -0.379. The molecule has 0 atom stereocenters. The number of amides is 1. The lowest BCUT2D eigenvalue weighted by molar-refractivity contribution is -0.116. The Morgan fingerprint density at radius 3 is 2.67 bits per heavy atom. The van der Waals surface area contributed by atoms with Crippen LogP contribution in [0.1, 0.15) is 36.5 Å². The van der Waals surface area contributed by atoms with Crippen molar-refractivity contribution in [3.05, 3.63) is 69.2 Å². The van der Waals surface area contributed by atoms with Crippen molar-refractivity contribution in [3.8, 4) is 0 Å². The van der Waals surface area contributed by atoms with Gasteiger partial charge in [-0.2, -0.15) is 0 Å². The molecule has 1 amide bonds. The molecule has 156 valence electrons. The van der Waals surface area contributed by atoms with Gasteiger partial charge in [0.25, 0.3) is 5.56 Å². The Labute approximate surface area is 182 Å². The Hall–Kier alpha value is -3.00. The SMILES string of the molecule is CCCCOC(=O)c1ccc(NC(=O)CCn2cnc3ccc(Br)cc3c2=O)cc1. The van der Waals surface area contributed by atoms with Crippen molar-refractivity contribution in [2.45, 2.75) is 32.7 Å². The maximum Gasteiger partial charge on any atom is 0.338 e. The molecule has 0 bridgehead atoms. The summed E-state index contributed by atoms with van der Waals surface area (Å²) in [5, 5.41) is 3.26. The predicted octanol–water partition coefficient (Wildman–Crippen LogP) is 4.14. The van der Waals surface area contributed by atoms with Gasteiger partial charge >= 0.3 is 5.97 Å². The average Bonchev–Trinajstić information content (AvgIpc) is 2.74. The third-order valence-electron chi connectivity index (χ3n) is 4.50. The quantitative estimate of drug-likeness (QED) is 0.393. The molecule has 0 unspecified atom stereocenters. The fourth-order valence-electron chi connectivity index (χ4n) is 2.82. The van der Waals surface area contributed by atoms with Crippen molar-refractivity contribution in [1.82, 2.24) is 9.55 Å². The molecule has 0 aliphatic carbocycles. The van der Waals surface area contributed by atoms with E-state index in [1.54, 1.807) is 36.4 Å². The lowest BCUT2D eigenvalue weighted by Gasteiger charge is -2.09. The number of esters is 1. The lowest BCUT2D eigenvalue weighted by atomic mass is 10.2. The molecular weight excluding hydrogens is 450 g/mol. The molecule has 30 heavy (non-hydrogen) atoms. The molecule has 0 aliphatic heterocycles. The van der Waals surface area contributed by atoms with Crippen molar-refractivity contribution in [2.24, 2.45) is 0 Å². The zero-order valence-electron chi connectivity index (χ0n) is 16.6. The topological polar surface area (TPSA) is 90.3 Å². The molecule has 0 radical (unpaired) electrons. The number of aromatic nitrogens is 2. The largest absolute Gasteiger partial charge is 0.462 e. The highest BCUT2D eigenvalue weighted by Gasteiger charge is 2.09. The van der Waals surface area contributed by atoms with Crippen LogP contribution in [0.5, 0.6) is 0 Å². The second-order valence-electron chi connectivity index (χ2n) is 6.77. The zero-order valence-corrected chi connectivity index (χ0v) is 18.1. The van der Waals surface area contributed by atoms with Gasteiger partial charge in [0.2, 0.25) is 5.91 Å². The van der Waals surface area contributed by atoms with Crippen molar-refractivity contribution >= 4 is 44.4 Å². The van der Waals surface area contributed by atoms with Crippen LogP contribution in [-0.2, 0) is 16.1 Å². The third-order valence-corrected chi connectivity index (χ3v) is 4.99. The Bertz CT molecular complexity index is 1110. The van der Waals surface area contributed by atoms with Crippen molar-refractivity contribution < 1.29 is 14.3 Å². The number of carbonyl (C=O) groups is 2.